The molecule has 0 aromatic heterocycles. The van der Waals surface area contributed by atoms with E-state index in [9.17, 15) is 0 Å². The summed E-state index contributed by atoms with van der Waals surface area (Å²) in [5, 5.41) is 0. The smallest absolute Gasteiger partial charge is 0.122 e. The Morgan fingerprint density at radius 1 is 1.24 bits per heavy atom. The second-order valence-corrected chi connectivity index (χ2v) is 5.17. The van der Waals surface area contributed by atoms with Crippen LogP contribution >= 0.6 is 0 Å². The first-order chi connectivity index (χ1) is 8.25. The Labute approximate surface area is 104 Å². The molecule has 0 amide bonds. The highest BCUT2D eigenvalue weighted by Gasteiger charge is 2.13. The summed E-state index contributed by atoms with van der Waals surface area (Å²) in [4.78, 5) is 0. The Balaban J connectivity index is 1.77. The highest BCUT2D eigenvalue weighted by Crippen LogP contribution is 2.27. The Kier molecular flexibility index (Phi) is 4.29. The second kappa shape index (κ2) is 5.95. The van der Waals surface area contributed by atoms with Crippen LogP contribution in [0.5, 0.6) is 5.75 Å². The summed E-state index contributed by atoms with van der Waals surface area (Å²) in [5.74, 6) is 1.87. The Hall–Kier alpha value is -1.18. The summed E-state index contributed by atoms with van der Waals surface area (Å²) < 4.78 is 5.84. The van der Waals surface area contributed by atoms with Gasteiger partial charge >= 0.3 is 0 Å². The number of ether oxygens (including phenoxy) is 1. The summed E-state index contributed by atoms with van der Waals surface area (Å²) in [7, 11) is 0. The monoisotopic (exact) mass is 233 g/mol. The molecule has 0 spiro atoms. The van der Waals surface area contributed by atoms with E-state index in [1.165, 1.54) is 38.5 Å². The first-order valence-electron chi connectivity index (χ1n) is 6.74. The largest absolute Gasteiger partial charge is 0.493 e. The fourth-order valence-electron chi connectivity index (χ4n) is 2.65. The van der Waals surface area contributed by atoms with Gasteiger partial charge in [-0.2, -0.15) is 0 Å². The van der Waals surface area contributed by atoms with Crippen LogP contribution in [0.3, 0.4) is 0 Å². The van der Waals surface area contributed by atoms with Gasteiger partial charge in [0.15, 0.2) is 0 Å². The van der Waals surface area contributed by atoms with Gasteiger partial charge in [-0.1, -0.05) is 32.1 Å². The minimum absolute atomic E-state index is 0.808. The number of rotatable bonds is 4. The van der Waals surface area contributed by atoms with Crippen molar-refractivity contribution in [2.24, 2.45) is 5.92 Å². The van der Waals surface area contributed by atoms with Gasteiger partial charge in [0, 0.05) is 5.69 Å². The lowest BCUT2D eigenvalue weighted by molar-refractivity contribution is 0.245. The molecule has 0 aliphatic heterocycles. The van der Waals surface area contributed by atoms with Crippen molar-refractivity contribution in [1.82, 2.24) is 0 Å². The van der Waals surface area contributed by atoms with Crippen LogP contribution in [0.2, 0.25) is 0 Å². The molecule has 17 heavy (non-hydrogen) atoms. The van der Waals surface area contributed by atoms with E-state index in [0.717, 1.165) is 29.5 Å². The van der Waals surface area contributed by atoms with Gasteiger partial charge in [0.2, 0.25) is 0 Å². The molecular formula is C15H23NO. The van der Waals surface area contributed by atoms with Crippen LogP contribution in [0.4, 0.5) is 5.69 Å². The maximum Gasteiger partial charge on any atom is 0.122 e. The van der Waals surface area contributed by atoms with Crippen LogP contribution in [-0.4, -0.2) is 6.61 Å². The number of hydrogen-bond acceptors (Lipinski definition) is 2. The molecule has 1 aromatic rings. The van der Waals surface area contributed by atoms with E-state index in [4.69, 9.17) is 10.5 Å². The molecule has 0 heterocycles. The van der Waals surface area contributed by atoms with E-state index in [1.807, 2.05) is 25.1 Å². The lowest BCUT2D eigenvalue weighted by atomic mass is 9.87. The summed E-state index contributed by atoms with van der Waals surface area (Å²) >= 11 is 0. The summed E-state index contributed by atoms with van der Waals surface area (Å²) in [6, 6.07) is 5.85. The standard InChI is InChI=1S/C15H23NO/c1-12-11-14(16)7-8-15(12)17-10-9-13-5-3-2-4-6-13/h7-8,11,13H,2-6,9-10,16H2,1H3. The molecule has 0 unspecified atom stereocenters. The Morgan fingerprint density at radius 2 is 2.00 bits per heavy atom. The topological polar surface area (TPSA) is 35.2 Å². The number of nitrogens with two attached hydrogens (primary N) is 1. The highest BCUT2D eigenvalue weighted by atomic mass is 16.5. The van der Waals surface area contributed by atoms with E-state index in [2.05, 4.69) is 0 Å². The minimum atomic E-state index is 0.808. The number of hydrogen-bond donors (Lipinski definition) is 1. The third-order valence-electron chi connectivity index (χ3n) is 3.71. The number of nitrogen functional groups attached to an aromatic ring is 1. The van der Waals surface area contributed by atoms with Crippen LogP contribution in [0.25, 0.3) is 0 Å². The molecule has 1 saturated carbocycles. The van der Waals surface area contributed by atoms with Crippen LogP contribution in [0.1, 0.15) is 44.1 Å². The van der Waals surface area contributed by atoms with Crippen molar-refractivity contribution in [2.45, 2.75) is 45.4 Å². The molecule has 2 heteroatoms. The number of anilines is 1. The summed E-state index contributed by atoms with van der Waals surface area (Å²) in [5.41, 5.74) is 7.66. The fourth-order valence-corrected chi connectivity index (χ4v) is 2.65. The van der Waals surface area contributed by atoms with Crippen LogP contribution < -0.4 is 10.5 Å². The van der Waals surface area contributed by atoms with Gasteiger partial charge in [0.1, 0.15) is 5.75 Å². The second-order valence-electron chi connectivity index (χ2n) is 5.17. The van der Waals surface area contributed by atoms with Crippen LogP contribution in [0.15, 0.2) is 18.2 Å². The minimum Gasteiger partial charge on any atom is -0.493 e. The fraction of sp³-hybridized carbons (Fsp3) is 0.600. The molecule has 1 aliphatic rings. The van der Waals surface area contributed by atoms with Crippen molar-refractivity contribution in [3.05, 3.63) is 23.8 Å². The molecular weight excluding hydrogens is 210 g/mol. The third kappa shape index (κ3) is 3.65. The lowest BCUT2D eigenvalue weighted by Crippen LogP contribution is -2.11. The van der Waals surface area contributed by atoms with Crippen molar-refractivity contribution in [1.29, 1.82) is 0 Å². The molecule has 0 atom stereocenters. The zero-order chi connectivity index (χ0) is 12.1. The van der Waals surface area contributed by atoms with E-state index in [-0.39, 0.29) is 0 Å². The van der Waals surface area contributed by atoms with Gasteiger partial charge in [0.05, 0.1) is 6.61 Å². The Bertz CT molecular complexity index is 356. The van der Waals surface area contributed by atoms with E-state index in [1.54, 1.807) is 0 Å². The summed E-state index contributed by atoms with van der Waals surface area (Å²) in [6.07, 6.45) is 8.23. The van der Waals surface area contributed by atoms with Crippen molar-refractivity contribution >= 4 is 5.69 Å². The van der Waals surface area contributed by atoms with Gasteiger partial charge in [0.25, 0.3) is 0 Å². The van der Waals surface area contributed by atoms with Crippen molar-refractivity contribution in [2.75, 3.05) is 12.3 Å². The predicted molar refractivity (Wildman–Crippen MR) is 72.3 cm³/mol. The van der Waals surface area contributed by atoms with E-state index < -0.39 is 0 Å². The van der Waals surface area contributed by atoms with Crippen LogP contribution in [-0.2, 0) is 0 Å². The predicted octanol–water partition coefficient (Wildman–Crippen LogP) is 3.93. The van der Waals surface area contributed by atoms with E-state index in [0.29, 0.717) is 0 Å². The first kappa shape index (κ1) is 12.3. The molecule has 0 saturated heterocycles. The molecule has 94 valence electrons. The van der Waals surface area contributed by atoms with Gasteiger partial charge in [-0.3, -0.25) is 0 Å². The van der Waals surface area contributed by atoms with Gasteiger partial charge in [-0.15, -0.1) is 0 Å². The average molecular weight is 233 g/mol. The van der Waals surface area contributed by atoms with Crippen molar-refractivity contribution < 1.29 is 4.74 Å². The number of benzene rings is 1. The molecule has 0 radical (unpaired) electrons. The SMILES string of the molecule is Cc1cc(N)ccc1OCCC1CCCCC1. The molecule has 0 bridgehead atoms. The van der Waals surface area contributed by atoms with Crippen molar-refractivity contribution in [3.8, 4) is 5.75 Å². The molecule has 1 aliphatic carbocycles. The van der Waals surface area contributed by atoms with Gasteiger partial charge in [-0.05, 0) is 43.0 Å². The molecule has 1 fully saturated rings. The summed E-state index contributed by atoms with van der Waals surface area (Å²) in [6.45, 7) is 2.89. The quantitative estimate of drug-likeness (QED) is 0.800. The zero-order valence-electron chi connectivity index (χ0n) is 10.7. The van der Waals surface area contributed by atoms with Gasteiger partial charge < -0.3 is 10.5 Å². The first-order valence-corrected chi connectivity index (χ1v) is 6.74. The molecule has 2 rings (SSSR count). The zero-order valence-corrected chi connectivity index (χ0v) is 10.7. The lowest BCUT2D eigenvalue weighted by Gasteiger charge is -2.21. The van der Waals surface area contributed by atoms with Crippen molar-refractivity contribution in [3.63, 3.8) is 0 Å². The van der Waals surface area contributed by atoms with E-state index >= 15 is 0 Å². The van der Waals surface area contributed by atoms with Crippen LogP contribution in [0, 0.1) is 12.8 Å². The molecule has 2 nitrogen and oxygen atoms in total. The average Bonchev–Trinajstić information content (AvgIpc) is 2.33. The molecule has 2 N–H and O–H groups in total. The normalized spacial score (nSPS) is 17.0. The maximum atomic E-state index is 5.84. The maximum absolute atomic E-state index is 5.84. The third-order valence-corrected chi connectivity index (χ3v) is 3.71. The number of aryl methyl sites for hydroxylation is 1. The highest BCUT2D eigenvalue weighted by molar-refractivity contribution is 5.47. The molecule has 1 aromatic carbocycles. The van der Waals surface area contributed by atoms with Gasteiger partial charge in [-0.25, -0.2) is 0 Å². The Morgan fingerprint density at radius 3 is 2.71 bits per heavy atom.